The molecule has 3 aromatic rings. The molecular weight excluding hydrogens is 366 g/mol. The third-order valence-electron chi connectivity index (χ3n) is 6.02. The van der Waals surface area contributed by atoms with Gasteiger partial charge in [0.25, 0.3) is 0 Å². The Morgan fingerprint density at radius 2 is 1.93 bits per heavy atom. The van der Waals surface area contributed by atoms with Crippen molar-refractivity contribution in [3.05, 3.63) is 64.2 Å². The highest BCUT2D eigenvalue weighted by molar-refractivity contribution is 7.18. The average Bonchev–Trinajstić information content (AvgIpc) is 3.35. The van der Waals surface area contributed by atoms with Crippen LogP contribution in [-0.4, -0.2) is 10.9 Å². The molecule has 28 heavy (non-hydrogen) atoms. The minimum absolute atomic E-state index is 0.135. The Bertz CT molecular complexity index is 957. The number of nitrogens with zero attached hydrogens (tertiary/aromatic N) is 1. The van der Waals surface area contributed by atoms with Crippen LogP contribution in [-0.2, 0) is 30.8 Å². The first-order valence-electron chi connectivity index (χ1n) is 10.1. The normalized spacial score (nSPS) is 13.6. The van der Waals surface area contributed by atoms with Gasteiger partial charge in [-0.2, -0.15) is 0 Å². The SMILES string of the molecule is CCC(CC)(Cc1nc2ccccc2s1)C(=O)NCc1ccc2c(c1)CNC2. The summed E-state index contributed by atoms with van der Waals surface area (Å²) in [6.45, 7) is 6.66. The van der Waals surface area contributed by atoms with Gasteiger partial charge in [0.05, 0.1) is 20.6 Å². The lowest BCUT2D eigenvalue weighted by atomic mass is 9.78. The average molecular weight is 394 g/mol. The molecular formula is C23H27N3OS. The van der Waals surface area contributed by atoms with E-state index in [1.165, 1.54) is 15.8 Å². The maximum atomic E-state index is 13.2. The quantitative estimate of drug-likeness (QED) is 0.618. The molecule has 0 spiro atoms. The molecule has 0 bridgehead atoms. The van der Waals surface area contributed by atoms with Gasteiger partial charge in [-0.25, -0.2) is 4.98 Å². The molecule has 5 heteroatoms. The number of nitrogens with one attached hydrogen (secondary N) is 2. The van der Waals surface area contributed by atoms with Crippen LogP contribution in [0.4, 0.5) is 0 Å². The monoisotopic (exact) mass is 393 g/mol. The zero-order chi connectivity index (χ0) is 19.6. The molecule has 0 fully saturated rings. The highest BCUT2D eigenvalue weighted by atomic mass is 32.1. The Kier molecular flexibility index (Phi) is 5.47. The van der Waals surface area contributed by atoms with Crippen molar-refractivity contribution in [2.45, 2.75) is 52.7 Å². The van der Waals surface area contributed by atoms with Gasteiger partial charge in [-0.05, 0) is 41.7 Å². The molecule has 146 valence electrons. The third kappa shape index (κ3) is 3.69. The zero-order valence-electron chi connectivity index (χ0n) is 16.5. The van der Waals surface area contributed by atoms with E-state index in [1.807, 2.05) is 18.2 Å². The minimum Gasteiger partial charge on any atom is -0.352 e. The number of benzene rings is 2. The fourth-order valence-electron chi connectivity index (χ4n) is 4.01. The highest BCUT2D eigenvalue weighted by Crippen LogP contribution is 2.34. The van der Waals surface area contributed by atoms with Crippen molar-refractivity contribution in [3.63, 3.8) is 0 Å². The smallest absolute Gasteiger partial charge is 0.226 e. The molecule has 0 aliphatic carbocycles. The second-order valence-corrected chi connectivity index (χ2v) is 8.74. The number of thiazole rings is 1. The summed E-state index contributed by atoms with van der Waals surface area (Å²) in [5, 5.41) is 7.62. The molecule has 4 rings (SSSR count). The van der Waals surface area contributed by atoms with Gasteiger partial charge >= 0.3 is 0 Å². The summed E-state index contributed by atoms with van der Waals surface area (Å²) in [7, 11) is 0. The van der Waals surface area contributed by atoms with Crippen molar-refractivity contribution in [3.8, 4) is 0 Å². The van der Waals surface area contributed by atoms with Crippen LogP contribution < -0.4 is 10.6 Å². The second-order valence-electron chi connectivity index (χ2n) is 7.63. The van der Waals surface area contributed by atoms with E-state index in [0.717, 1.165) is 42.0 Å². The van der Waals surface area contributed by atoms with Gasteiger partial charge in [0.15, 0.2) is 0 Å². The summed E-state index contributed by atoms with van der Waals surface area (Å²) in [6.07, 6.45) is 2.30. The van der Waals surface area contributed by atoms with Crippen molar-refractivity contribution in [1.29, 1.82) is 0 Å². The van der Waals surface area contributed by atoms with Crippen LogP contribution in [0.15, 0.2) is 42.5 Å². The third-order valence-corrected chi connectivity index (χ3v) is 7.05. The first-order chi connectivity index (χ1) is 13.6. The van der Waals surface area contributed by atoms with Crippen LogP contribution in [0.2, 0.25) is 0 Å². The Labute approximate surface area is 170 Å². The Hall–Kier alpha value is -2.24. The number of para-hydroxylation sites is 1. The molecule has 1 amide bonds. The van der Waals surface area contributed by atoms with Crippen LogP contribution >= 0.6 is 11.3 Å². The number of aromatic nitrogens is 1. The van der Waals surface area contributed by atoms with Crippen LogP contribution in [0.25, 0.3) is 10.2 Å². The molecule has 1 aliphatic rings. The van der Waals surface area contributed by atoms with Gasteiger partial charge in [0.2, 0.25) is 5.91 Å². The molecule has 2 N–H and O–H groups in total. The second kappa shape index (κ2) is 8.02. The summed E-state index contributed by atoms with van der Waals surface area (Å²) in [4.78, 5) is 18.0. The lowest BCUT2D eigenvalue weighted by Crippen LogP contribution is -2.41. The Morgan fingerprint density at radius 1 is 1.14 bits per heavy atom. The van der Waals surface area contributed by atoms with Crippen molar-refractivity contribution >= 4 is 27.5 Å². The van der Waals surface area contributed by atoms with Crippen molar-refractivity contribution in [2.75, 3.05) is 0 Å². The van der Waals surface area contributed by atoms with Crippen LogP contribution in [0.3, 0.4) is 0 Å². The predicted octanol–water partition coefficient (Wildman–Crippen LogP) is 4.56. The van der Waals surface area contributed by atoms with Gasteiger partial charge in [-0.3, -0.25) is 4.79 Å². The number of fused-ring (bicyclic) bond motifs is 2. The Balaban J connectivity index is 1.48. The van der Waals surface area contributed by atoms with E-state index in [0.29, 0.717) is 13.0 Å². The molecule has 1 aromatic heterocycles. The van der Waals surface area contributed by atoms with Gasteiger partial charge < -0.3 is 10.6 Å². The zero-order valence-corrected chi connectivity index (χ0v) is 17.4. The standard InChI is InChI=1S/C23H27N3OS/c1-3-23(4-2,12-21-26-19-7-5-6-8-20(19)28-21)22(27)25-13-16-9-10-17-14-24-15-18(17)11-16/h5-11,24H,3-4,12-15H2,1-2H3,(H,25,27). The van der Waals surface area contributed by atoms with Crippen molar-refractivity contribution in [2.24, 2.45) is 5.41 Å². The minimum atomic E-state index is -0.411. The number of amides is 1. The molecule has 0 radical (unpaired) electrons. The van der Waals surface area contributed by atoms with E-state index in [-0.39, 0.29) is 5.91 Å². The molecule has 4 nitrogen and oxygen atoms in total. The number of rotatable bonds is 7. The van der Waals surface area contributed by atoms with E-state index >= 15 is 0 Å². The number of carbonyl (C=O) groups is 1. The maximum absolute atomic E-state index is 13.2. The molecule has 1 aliphatic heterocycles. The topological polar surface area (TPSA) is 54.0 Å². The van der Waals surface area contributed by atoms with Gasteiger partial charge in [-0.15, -0.1) is 11.3 Å². The molecule has 0 atom stereocenters. The molecule has 0 unspecified atom stereocenters. The van der Waals surface area contributed by atoms with Crippen molar-refractivity contribution in [1.82, 2.24) is 15.6 Å². The number of hydrogen-bond donors (Lipinski definition) is 2. The van der Waals surface area contributed by atoms with E-state index < -0.39 is 5.41 Å². The Morgan fingerprint density at radius 3 is 2.71 bits per heavy atom. The highest BCUT2D eigenvalue weighted by Gasteiger charge is 2.36. The van der Waals surface area contributed by atoms with Crippen LogP contribution in [0.5, 0.6) is 0 Å². The molecule has 2 heterocycles. The summed E-state index contributed by atoms with van der Waals surface area (Å²) in [5.74, 6) is 0.135. The summed E-state index contributed by atoms with van der Waals surface area (Å²) >= 11 is 1.70. The van der Waals surface area contributed by atoms with E-state index in [2.05, 4.69) is 48.7 Å². The predicted molar refractivity (Wildman–Crippen MR) is 115 cm³/mol. The fraction of sp³-hybridized carbons (Fsp3) is 0.391. The first-order valence-corrected chi connectivity index (χ1v) is 10.9. The van der Waals surface area contributed by atoms with Gasteiger partial charge in [0.1, 0.15) is 0 Å². The largest absolute Gasteiger partial charge is 0.352 e. The number of carbonyl (C=O) groups excluding carboxylic acids is 1. The summed E-state index contributed by atoms with van der Waals surface area (Å²) < 4.78 is 1.19. The van der Waals surface area contributed by atoms with E-state index in [4.69, 9.17) is 4.98 Å². The lowest BCUT2D eigenvalue weighted by Gasteiger charge is -2.29. The maximum Gasteiger partial charge on any atom is 0.226 e. The fourth-order valence-corrected chi connectivity index (χ4v) is 5.13. The van der Waals surface area contributed by atoms with Crippen molar-refractivity contribution < 1.29 is 4.79 Å². The molecule has 0 saturated carbocycles. The number of hydrogen-bond acceptors (Lipinski definition) is 4. The molecule has 0 saturated heterocycles. The van der Waals surface area contributed by atoms with Gasteiger partial charge in [-0.1, -0.05) is 44.2 Å². The van der Waals surface area contributed by atoms with E-state index in [1.54, 1.807) is 11.3 Å². The first kappa shape index (κ1) is 19.1. The van der Waals surface area contributed by atoms with E-state index in [9.17, 15) is 4.79 Å². The summed E-state index contributed by atoms with van der Waals surface area (Å²) in [6, 6.07) is 14.7. The summed E-state index contributed by atoms with van der Waals surface area (Å²) in [5.41, 5.74) is 4.49. The molecule has 2 aromatic carbocycles. The van der Waals surface area contributed by atoms with Crippen LogP contribution in [0, 0.1) is 5.41 Å². The van der Waals surface area contributed by atoms with Crippen LogP contribution in [0.1, 0.15) is 48.4 Å². The van der Waals surface area contributed by atoms with Gasteiger partial charge in [0, 0.05) is 26.1 Å². The lowest BCUT2D eigenvalue weighted by molar-refractivity contribution is -0.131.